The van der Waals surface area contributed by atoms with Crippen LogP contribution in [-0.2, 0) is 15.3 Å². The summed E-state index contributed by atoms with van der Waals surface area (Å²) in [6.45, 7) is 0.417. The molecular formula is C11H15N3O7. The molecule has 21 heavy (non-hydrogen) atoms. The van der Waals surface area contributed by atoms with Crippen molar-refractivity contribution in [3.63, 3.8) is 0 Å². The van der Waals surface area contributed by atoms with Crippen LogP contribution in [-0.4, -0.2) is 55.2 Å². The highest BCUT2D eigenvalue weighted by Gasteiger charge is 2.67. The van der Waals surface area contributed by atoms with Gasteiger partial charge >= 0.3 is 5.69 Å². The summed E-state index contributed by atoms with van der Waals surface area (Å²) in [4.78, 5) is 36.5. The SMILES string of the molecule is C[C@@]1(n2ccc(=O)[nH]c2=O)O[C@H](CO)[C@@H](O)[C@]1(O)C(N)=O. The van der Waals surface area contributed by atoms with Crippen molar-refractivity contribution in [2.24, 2.45) is 5.73 Å². The van der Waals surface area contributed by atoms with Crippen molar-refractivity contribution in [1.29, 1.82) is 0 Å². The van der Waals surface area contributed by atoms with Gasteiger partial charge in [-0.15, -0.1) is 0 Å². The first kappa shape index (κ1) is 15.4. The number of hydrogen-bond acceptors (Lipinski definition) is 7. The van der Waals surface area contributed by atoms with Crippen LogP contribution >= 0.6 is 0 Å². The molecule has 116 valence electrons. The molecule has 0 saturated carbocycles. The molecule has 1 aliphatic rings. The summed E-state index contributed by atoms with van der Waals surface area (Å²) in [5, 5.41) is 29.6. The fourth-order valence-corrected chi connectivity index (χ4v) is 2.50. The molecule has 10 nitrogen and oxygen atoms in total. The topological polar surface area (TPSA) is 168 Å². The second-order valence-corrected chi connectivity index (χ2v) is 4.88. The third-order valence-corrected chi connectivity index (χ3v) is 3.71. The van der Waals surface area contributed by atoms with Crippen molar-refractivity contribution in [2.75, 3.05) is 6.61 Å². The number of carbonyl (C=O) groups is 1. The zero-order chi connectivity index (χ0) is 16.0. The van der Waals surface area contributed by atoms with Gasteiger partial charge in [-0.2, -0.15) is 0 Å². The average Bonchev–Trinajstić information content (AvgIpc) is 2.61. The number of rotatable bonds is 3. The van der Waals surface area contributed by atoms with Gasteiger partial charge in [-0.1, -0.05) is 0 Å². The van der Waals surface area contributed by atoms with Crippen molar-refractivity contribution in [2.45, 2.75) is 30.5 Å². The van der Waals surface area contributed by atoms with Gasteiger partial charge in [0.05, 0.1) is 6.61 Å². The minimum atomic E-state index is -2.68. The molecule has 0 spiro atoms. The Bertz CT molecular complexity index is 683. The zero-order valence-electron chi connectivity index (χ0n) is 11.0. The van der Waals surface area contributed by atoms with Crippen molar-refractivity contribution in [1.82, 2.24) is 9.55 Å². The largest absolute Gasteiger partial charge is 0.394 e. The third kappa shape index (κ3) is 1.92. The Kier molecular flexibility index (Phi) is 3.49. The van der Waals surface area contributed by atoms with Crippen LogP contribution in [0.5, 0.6) is 0 Å². The van der Waals surface area contributed by atoms with E-state index in [4.69, 9.17) is 15.6 Å². The number of nitrogens with one attached hydrogen (secondary N) is 1. The predicted octanol–water partition coefficient (Wildman–Crippen LogP) is -3.82. The number of carbonyl (C=O) groups excluding carboxylic acids is 1. The number of aliphatic hydroxyl groups excluding tert-OH is 2. The lowest BCUT2D eigenvalue weighted by Crippen LogP contribution is -2.65. The van der Waals surface area contributed by atoms with Crippen molar-refractivity contribution in [3.8, 4) is 0 Å². The summed E-state index contributed by atoms with van der Waals surface area (Å²) in [5.74, 6) is -1.34. The first-order chi connectivity index (χ1) is 9.68. The zero-order valence-corrected chi connectivity index (χ0v) is 11.0. The molecule has 2 rings (SSSR count). The van der Waals surface area contributed by atoms with Gasteiger partial charge in [0.2, 0.25) is 5.60 Å². The number of hydrogen-bond donors (Lipinski definition) is 5. The average molecular weight is 301 g/mol. The van der Waals surface area contributed by atoms with Crippen molar-refractivity contribution >= 4 is 5.91 Å². The maximum Gasteiger partial charge on any atom is 0.330 e. The number of primary amides is 1. The van der Waals surface area contributed by atoms with Gasteiger partial charge in [0.1, 0.15) is 12.2 Å². The van der Waals surface area contributed by atoms with E-state index in [1.54, 1.807) is 0 Å². The Morgan fingerprint density at radius 1 is 1.57 bits per heavy atom. The lowest BCUT2D eigenvalue weighted by molar-refractivity contribution is -0.192. The molecule has 0 unspecified atom stereocenters. The van der Waals surface area contributed by atoms with E-state index in [1.165, 1.54) is 0 Å². The van der Waals surface area contributed by atoms with Crippen LogP contribution in [0.15, 0.2) is 21.9 Å². The smallest absolute Gasteiger partial charge is 0.330 e. The number of aromatic amines is 1. The molecule has 1 fully saturated rings. The summed E-state index contributed by atoms with van der Waals surface area (Å²) in [6.07, 6.45) is -2.21. The van der Waals surface area contributed by atoms with E-state index >= 15 is 0 Å². The molecule has 6 N–H and O–H groups in total. The number of ether oxygens (including phenoxy) is 1. The molecule has 10 heteroatoms. The van der Waals surface area contributed by atoms with E-state index in [9.17, 15) is 24.6 Å². The van der Waals surface area contributed by atoms with Gasteiger partial charge in [-0.25, -0.2) is 4.79 Å². The number of nitrogens with zero attached hydrogens (tertiary/aromatic N) is 1. The van der Waals surface area contributed by atoms with E-state index in [1.807, 2.05) is 4.98 Å². The first-order valence-electron chi connectivity index (χ1n) is 6.00. The Balaban J connectivity index is 2.70. The van der Waals surface area contributed by atoms with Gasteiger partial charge in [-0.3, -0.25) is 19.1 Å². The number of nitrogens with two attached hydrogens (primary N) is 1. The minimum Gasteiger partial charge on any atom is -0.394 e. The number of aromatic nitrogens is 2. The van der Waals surface area contributed by atoms with Crippen molar-refractivity contribution < 1.29 is 24.9 Å². The standard InChI is InChI=1S/C11H15N3O7/c1-10(14-3-2-6(16)13-9(14)19)11(20,8(12)18)7(17)5(4-15)21-10/h2-3,5,7,15,17,20H,4H2,1H3,(H2,12,18)(H,13,16,19)/t5-,7-,10-,11+/m1/s1. The number of aliphatic hydroxyl groups is 3. The predicted molar refractivity (Wildman–Crippen MR) is 67.1 cm³/mol. The quantitative estimate of drug-likeness (QED) is 0.381. The first-order valence-corrected chi connectivity index (χ1v) is 6.00. The van der Waals surface area contributed by atoms with Gasteiger partial charge in [0, 0.05) is 12.3 Å². The van der Waals surface area contributed by atoms with Crippen LogP contribution in [0.25, 0.3) is 0 Å². The lowest BCUT2D eigenvalue weighted by Gasteiger charge is -2.37. The summed E-state index contributed by atoms with van der Waals surface area (Å²) < 4.78 is 6.00. The second kappa shape index (κ2) is 4.77. The van der Waals surface area contributed by atoms with Crippen LogP contribution in [0.3, 0.4) is 0 Å². The summed E-state index contributed by atoms with van der Waals surface area (Å²) >= 11 is 0. The molecule has 1 aromatic rings. The fraction of sp³-hybridized carbons (Fsp3) is 0.545. The maximum atomic E-state index is 11.9. The Labute approximate surface area is 117 Å². The van der Waals surface area contributed by atoms with Crippen molar-refractivity contribution in [3.05, 3.63) is 33.1 Å². The fourth-order valence-electron chi connectivity index (χ4n) is 2.50. The summed E-state index contributed by atoms with van der Waals surface area (Å²) in [6, 6.07) is 0.968. The Morgan fingerprint density at radius 2 is 2.19 bits per heavy atom. The highest BCUT2D eigenvalue weighted by Crippen LogP contribution is 2.42. The van der Waals surface area contributed by atoms with Crippen LogP contribution in [0, 0.1) is 0 Å². The van der Waals surface area contributed by atoms with E-state index in [0.29, 0.717) is 0 Å². The Morgan fingerprint density at radius 3 is 2.67 bits per heavy atom. The summed E-state index contributed by atoms with van der Waals surface area (Å²) in [5.41, 5.74) is -1.32. The van der Waals surface area contributed by atoms with Gasteiger partial charge in [0.25, 0.3) is 11.5 Å². The normalized spacial score (nSPS) is 35.8. The molecule has 4 atom stereocenters. The van der Waals surface area contributed by atoms with Crippen LogP contribution < -0.4 is 17.0 Å². The molecule has 0 aromatic carbocycles. The third-order valence-electron chi connectivity index (χ3n) is 3.71. The number of amides is 1. The Hall–Kier alpha value is -2.01. The molecule has 1 amide bonds. The highest BCUT2D eigenvalue weighted by atomic mass is 16.6. The molecule has 0 aliphatic carbocycles. The molecule has 2 heterocycles. The molecule has 1 aromatic heterocycles. The lowest BCUT2D eigenvalue weighted by atomic mass is 9.85. The maximum absolute atomic E-state index is 11.9. The van der Waals surface area contributed by atoms with E-state index in [0.717, 1.165) is 23.8 Å². The van der Waals surface area contributed by atoms with Crippen LogP contribution in [0.4, 0.5) is 0 Å². The van der Waals surface area contributed by atoms with E-state index < -0.39 is 47.3 Å². The molecular weight excluding hydrogens is 286 g/mol. The van der Waals surface area contributed by atoms with Gasteiger partial charge in [0.15, 0.2) is 5.72 Å². The highest BCUT2D eigenvalue weighted by molar-refractivity contribution is 5.85. The monoisotopic (exact) mass is 301 g/mol. The molecule has 1 saturated heterocycles. The second-order valence-electron chi connectivity index (χ2n) is 4.88. The number of H-pyrrole nitrogens is 1. The van der Waals surface area contributed by atoms with Gasteiger partial charge < -0.3 is 25.8 Å². The van der Waals surface area contributed by atoms with Crippen LogP contribution in [0.2, 0.25) is 0 Å². The summed E-state index contributed by atoms with van der Waals surface area (Å²) in [7, 11) is 0. The van der Waals surface area contributed by atoms with Gasteiger partial charge in [-0.05, 0) is 6.92 Å². The minimum absolute atomic E-state index is 0.695. The van der Waals surface area contributed by atoms with Crippen LogP contribution in [0.1, 0.15) is 6.92 Å². The molecule has 1 aliphatic heterocycles. The molecule has 0 radical (unpaired) electrons. The van der Waals surface area contributed by atoms with E-state index in [2.05, 4.69) is 0 Å². The van der Waals surface area contributed by atoms with E-state index in [-0.39, 0.29) is 0 Å². The molecule has 0 bridgehead atoms.